The fourth-order valence-electron chi connectivity index (χ4n) is 2.77. The van der Waals surface area contributed by atoms with Gasteiger partial charge in [-0.05, 0) is 24.1 Å². The van der Waals surface area contributed by atoms with Gasteiger partial charge in [0.15, 0.2) is 11.6 Å². The van der Waals surface area contributed by atoms with E-state index in [1.54, 1.807) is 24.3 Å². The van der Waals surface area contributed by atoms with Crippen molar-refractivity contribution in [3.63, 3.8) is 0 Å². The molecule has 3 aromatic rings. The lowest BCUT2D eigenvalue weighted by molar-refractivity contribution is 0.0806. The maximum atomic E-state index is 13.0. The quantitative estimate of drug-likeness (QED) is 0.417. The second-order valence-corrected chi connectivity index (χ2v) is 6.76. The van der Waals surface area contributed by atoms with E-state index in [0.717, 1.165) is 10.0 Å². The fraction of sp³-hybridized carbons (Fsp3) is 0.0909. The van der Waals surface area contributed by atoms with E-state index in [9.17, 15) is 9.59 Å². The van der Waals surface area contributed by atoms with Crippen molar-refractivity contribution >= 4 is 27.5 Å². The van der Waals surface area contributed by atoms with Crippen LogP contribution in [0.1, 0.15) is 26.3 Å². The molecule has 0 spiro atoms. The zero-order valence-corrected chi connectivity index (χ0v) is 15.1. The second kappa shape index (κ2) is 8.04. The molecule has 0 radical (unpaired) electrons. The Bertz CT molecular complexity index is 804. The van der Waals surface area contributed by atoms with E-state index < -0.39 is 5.92 Å². The van der Waals surface area contributed by atoms with Gasteiger partial charge in [-0.1, -0.05) is 88.7 Å². The summed E-state index contributed by atoms with van der Waals surface area (Å²) >= 11 is 3.41. The molecule has 25 heavy (non-hydrogen) atoms. The summed E-state index contributed by atoms with van der Waals surface area (Å²) < 4.78 is 0.969. The number of ketones is 2. The topological polar surface area (TPSA) is 34.1 Å². The van der Waals surface area contributed by atoms with Crippen molar-refractivity contribution in [3.8, 4) is 0 Å². The zero-order valence-electron chi connectivity index (χ0n) is 13.6. The normalized spacial score (nSPS) is 10.6. The highest BCUT2D eigenvalue weighted by Gasteiger charge is 2.28. The monoisotopic (exact) mass is 392 g/mol. The molecule has 0 saturated carbocycles. The SMILES string of the molecule is O=C(c1ccccc1)C(Cc1ccc(Br)cc1)C(=O)c1ccccc1. The molecular weight excluding hydrogens is 376 g/mol. The number of hydrogen-bond donors (Lipinski definition) is 0. The Morgan fingerprint density at radius 3 is 1.56 bits per heavy atom. The van der Waals surface area contributed by atoms with Crippen LogP contribution in [-0.2, 0) is 6.42 Å². The molecular formula is C22H17BrO2. The molecule has 0 N–H and O–H groups in total. The zero-order chi connectivity index (χ0) is 17.6. The molecule has 3 rings (SSSR count). The molecule has 0 aliphatic heterocycles. The molecule has 0 aromatic heterocycles. The van der Waals surface area contributed by atoms with Crippen LogP contribution in [0.2, 0.25) is 0 Å². The first kappa shape index (κ1) is 17.3. The van der Waals surface area contributed by atoms with Crippen LogP contribution in [0.3, 0.4) is 0 Å². The Balaban J connectivity index is 1.94. The van der Waals surface area contributed by atoms with Crippen molar-refractivity contribution in [2.45, 2.75) is 6.42 Å². The molecule has 0 unspecified atom stereocenters. The number of hydrogen-bond acceptors (Lipinski definition) is 2. The highest BCUT2D eigenvalue weighted by atomic mass is 79.9. The van der Waals surface area contributed by atoms with Crippen molar-refractivity contribution in [1.29, 1.82) is 0 Å². The summed E-state index contributed by atoms with van der Waals surface area (Å²) in [7, 11) is 0. The lowest BCUT2D eigenvalue weighted by atomic mass is 9.85. The van der Waals surface area contributed by atoms with Gasteiger partial charge in [-0.15, -0.1) is 0 Å². The molecule has 2 nitrogen and oxygen atoms in total. The summed E-state index contributed by atoms with van der Waals surface area (Å²) in [6, 6.07) is 25.7. The van der Waals surface area contributed by atoms with Gasteiger partial charge in [0, 0.05) is 15.6 Å². The van der Waals surface area contributed by atoms with E-state index in [1.165, 1.54) is 0 Å². The molecule has 0 saturated heterocycles. The third kappa shape index (κ3) is 4.31. The van der Waals surface area contributed by atoms with Crippen LogP contribution in [0.15, 0.2) is 89.4 Å². The van der Waals surface area contributed by atoms with Gasteiger partial charge in [0.2, 0.25) is 0 Å². The van der Waals surface area contributed by atoms with Crippen molar-refractivity contribution in [3.05, 3.63) is 106 Å². The number of carbonyl (C=O) groups is 2. The smallest absolute Gasteiger partial charge is 0.174 e. The minimum Gasteiger partial charge on any atom is -0.293 e. The van der Waals surface area contributed by atoms with E-state index in [1.807, 2.05) is 60.7 Å². The number of rotatable bonds is 6. The molecule has 124 valence electrons. The van der Waals surface area contributed by atoms with E-state index in [2.05, 4.69) is 15.9 Å². The molecule has 3 heteroatoms. The largest absolute Gasteiger partial charge is 0.293 e. The summed E-state index contributed by atoms with van der Waals surface area (Å²) in [5.74, 6) is -1.01. The lowest BCUT2D eigenvalue weighted by Gasteiger charge is -2.15. The predicted molar refractivity (Wildman–Crippen MR) is 103 cm³/mol. The van der Waals surface area contributed by atoms with Crippen molar-refractivity contribution < 1.29 is 9.59 Å². The standard InChI is InChI=1S/C22H17BrO2/c23-19-13-11-16(12-14-19)15-20(21(24)17-7-3-1-4-8-17)22(25)18-9-5-2-6-10-18/h1-14,20H,15H2. The fourth-order valence-corrected chi connectivity index (χ4v) is 3.03. The average molecular weight is 393 g/mol. The Morgan fingerprint density at radius 1 is 0.680 bits per heavy atom. The van der Waals surface area contributed by atoms with Crippen molar-refractivity contribution in [2.24, 2.45) is 5.92 Å². The van der Waals surface area contributed by atoms with Gasteiger partial charge in [0.1, 0.15) is 0 Å². The van der Waals surface area contributed by atoms with Crippen LogP contribution in [0.25, 0.3) is 0 Å². The van der Waals surface area contributed by atoms with Crippen LogP contribution in [0, 0.1) is 5.92 Å². The molecule has 0 amide bonds. The van der Waals surface area contributed by atoms with E-state index >= 15 is 0 Å². The summed E-state index contributed by atoms with van der Waals surface area (Å²) in [6.45, 7) is 0. The first-order valence-corrected chi connectivity index (χ1v) is 8.87. The average Bonchev–Trinajstić information content (AvgIpc) is 2.68. The van der Waals surface area contributed by atoms with Crippen molar-refractivity contribution in [1.82, 2.24) is 0 Å². The van der Waals surface area contributed by atoms with Gasteiger partial charge in [0.05, 0.1) is 5.92 Å². The van der Waals surface area contributed by atoms with Gasteiger partial charge in [0.25, 0.3) is 0 Å². The third-order valence-corrected chi connectivity index (χ3v) is 4.63. The molecule has 3 aromatic carbocycles. The number of benzene rings is 3. The van der Waals surface area contributed by atoms with Gasteiger partial charge >= 0.3 is 0 Å². The van der Waals surface area contributed by atoms with Crippen LogP contribution >= 0.6 is 15.9 Å². The number of carbonyl (C=O) groups excluding carboxylic acids is 2. The summed E-state index contributed by atoms with van der Waals surface area (Å²) in [4.78, 5) is 26.0. The molecule has 0 heterocycles. The summed E-state index contributed by atoms with van der Waals surface area (Å²) in [6.07, 6.45) is 0.384. The molecule has 0 aliphatic rings. The molecule has 0 aliphatic carbocycles. The highest BCUT2D eigenvalue weighted by molar-refractivity contribution is 9.10. The van der Waals surface area contributed by atoms with Gasteiger partial charge in [-0.3, -0.25) is 9.59 Å². The molecule has 0 atom stereocenters. The van der Waals surface area contributed by atoms with Gasteiger partial charge in [-0.2, -0.15) is 0 Å². The highest BCUT2D eigenvalue weighted by Crippen LogP contribution is 2.21. The molecule has 0 bridgehead atoms. The van der Waals surface area contributed by atoms with Gasteiger partial charge < -0.3 is 0 Å². The first-order valence-electron chi connectivity index (χ1n) is 8.08. The number of halogens is 1. The van der Waals surface area contributed by atoms with E-state index in [0.29, 0.717) is 17.5 Å². The first-order chi connectivity index (χ1) is 12.1. The van der Waals surface area contributed by atoms with E-state index in [-0.39, 0.29) is 11.6 Å². The van der Waals surface area contributed by atoms with Crippen LogP contribution < -0.4 is 0 Å². The van der Waals surface area contributed by atoms with Crippen molar-refractivity contribution in [2.75, 3.05) is 0 Å². The van der Waals surface area contributed by atoms with Crippen LogP contribution in [-0.4, -0.2) is 11.6 Å². The van der Waals surface area contributed by atoms with E-state index in [4.69, 9.17) is 0 Å². The lowest BCUT2D eigenvalue weighted by Crippen LogP contribution is -2.26. The Morgan fingerprint density at radius 2 is 1.12 bits per heavy atom. The minimum atomic E-state index is -0.731. The molecule has 0 fully saturated rings. The predicted octanol–water partition coefficient (Wildman–Crippen LogP) is 5.37. The maximum absolute atomic E-state index is 13.0. The summed E-state index contributed by atoms with van der Waals surface area (Å²) in [5, 5.41) is 0. The summed E-state index contributed by atoms with van der Waals surface area (Å²) in [5.41, 5.74) is 2.09. The maximum Gasteiger partial charge on any atom is 0.174 e. The Kier molecular flexibility index (Phi) is 5.56. The van der Waals surface area contributed by atoms with Crippen LogP contribution in [0.4, 0.5) is 0 Å². The number of Topliss-reactive ketones (excluding diaryl/α,β-unsaturated/α-hetero) is 2. The third-order valence-electron chi connectivity index (χ3n) is 4.10. The van der Waals surface area contributed by atoms with Crippen LogP contribution in [0.5, 0.6) is 0 Å². The minimum absolute atomic E-state index is 0.141. The Hall–Kier alpha value is -2.52. The Labute approximate surface area is 155 Å². The van der Waals surface area contributed by atoms with Gasteiger partial charge in [-0.25, -0.2) is 0 Å². The second-order valence-electron chi connectivity index (χ2n) is 5.84.